The second kappa shape index (κ2) is 5.32. The van der Waals surface area contributed by atoms with Gasteiger partial charge in [0.2, 0.25) is 0 Å². The van der Waals surface area contributed by atoms with Crippen LogP contribution in [0.1, 0.15) is 22.8 Å². The molecule has 1 atom stereocenters. The van der Waals surface area contributed by atoms with E-state index in [0.717, 1.165) is 12.1 Å². The summed E-state index contributed by atoms with van der Waals surface area (Å²) < 4.78 is 61.8. The zero-order valence-corrected chi connectivity index (χ0v) is 12.0. The smallest absolute Gasteiger partial charge is 0.367 e. The number of anilines is 1. The fraction of sp³-hybridized carbons (Fsp3) is 0.462. The second-order valence-electron chi connectivity index (χ2n) is 5.04. The first-order valence-electron chi connectivity index (χ1n) is 6.27. The summed E-state index contributed by atoms with van der Waals surface area (Å²) >= 11 is 0. The highest BCUT2D eigenvalue weighted by molar-refractivity contribution is 7.91. The number of halogens is 3. The lowest BCUT2D eigenvalue weighted by atomic mass is 10.1. The molecule has 21 heavy (non-hydrogen) atoms. The molecule has 0 radical (unpaired) electrons. The third-order valence-corrected chi connectivity index (χ3v) is 5.27. The van der Waals surface area contributed by atoms with Gasteiger partial charge in [-0.3, -0.25) is 4.79 Å². The normalized spacial score (nSPS) is 22.1. The largest absolute Gasteiger partial charge is 0.417 e. The lowest BCUT2D eigenvalue weighted by Gasteiger charge is -2.35. The summed E-state index contributed by atoms with van der Waals surface area (Å²) in [5.74, 6) is -0.183. The summed E-state index contributed by atoms with van der Waals surface area (Å²) in [6.07, 6.45) is -4.46. The van der Waals surface area contributed by atoms with Crippen LogP contribution in [0.2, 0.25) is 0 Å². The Bertz CT molecular complexity index is 655. The topological polar surface area (TPSA) is 54.5 Å². The molecule has 0 spiro atoms. The second-order valence-corrected chi connectivity index (χ2v) is 7.27. The molecule has 0 aromatic heterocycles. The molecule has 1 saturated heterocycles. The van der Waals surface area contributed by atoms with Crippen molar-refractivity contribution in [3.05, 3.63) is 29.3 Å². The summed E-state index contributed by atoms with van der Waals surface area (Å²) in [6, 6.07) is 3.01. The Morgan fingerprint density at radius 1 is 1.33 bits per heavy atom. The van der Waals surface area contributed by atoms with Gasteiger partial charge < -0.3 is 4.90 Å². The van der Waals surface area contributed by atoms with Gasteiger partial charge in [0.05, 0.1) is 17.1 Å². The number of carbonyl (C=O) groups is 1. The van der Waals surface area contributed by atoms with Gasteiger partial charge in [0.1, 0.15) is 0 Å². The predicted octanol–water partition coefficient (Wildman–Crippen LogP) is 2.14. The Kier molecular flexibility index (Phi) is 4.01. The van der Waals surface area contributed by atoms with Crippen LogP contribution in [0.5, 0.6) is 0 Å². The predicted molar refractivity (Wildman–Crippen MR) is 72.3 cm³/mol. The molecule has 8 heteroatoms. The maximum atomic E-state index is 12.9. The quantitative estimate of drug-likeness (QED) is 0.783. The standard InChI is InChI=1S/C13H14F3NO3S/c1-9-8-21(19,20)5-4-17(9)11-3-2-10(7-18)12(6-11)13(14,15)16/h2-3,6-7,9H,4-5,8H2,1H3. The van der Waals surface area contributed by atoms with Crippen molar-refractivity contribution in [2.75, 3.05) is 23.0 Å². The van der Waals surface area contributed by atoms with Gasteiger partial charge in [0.25, 0.3) is 0 Å². The van der Waals surface area contributed by atoms with Crippen molar-refractivity contribution in [2.45, 2.75) is 19.1 Å². The summed E-state index contributed by atoms with van der Waals surface area (Å²) in [5, 5.41) is 0. The molecule has 1 aliphatic rings. The first-order valence-corrected chi connectivity index (χ1v) is 8.10. The van der Waals surface area contributed by atoms with Crippen molar-refractivity contribution >= 4 is 21.8 Å². The first kappa shape index (κ1) is 15.8. The Morgan fingerprint density at radius 3 is 2.52 bits per heavy atom. The molecule has 0 aliphatic carbocycles. The molecule has 1 aliphatic heterocycles. The maximum absolute atomic E-state index is 12.9. The van der Waals surface area contributed by atoms with E-state index in [1.165, 1.54) is 6.07 Å². The van der Waals surface area contributed by atoms with Crippen LogP contribution in [0.15, 0.2) is 18.2 Å². The van der Waals surface area contributed by atoms with Crippen molar-refractivity contribution in [2.24, 2.45) is 0 Å². The van der Waals surface area contributed by atoms with E-state index in [1.54, 1.807) is 11.8 Å². The molecule has 0 amide bonds. The van der Waals surface area contributed by atoms with Gasteiger partial charge >= 0.3 is 6.18 Å². The van der Waals surface area contributed by atoms with E-state index in [-0.39, 0.29) is 30.0 Å². The van der Waals surface area contributed by atoms with Crippen LogP contribution in [0.3, 0.4) is 0 Å². The molecule has 4 nitrogen and oxygen atoms in total. The summed E-state index contributed by atoms with van der Waals surface area (Å²) in [5.41, 5.74) is -1.16. The van der Waals surface area contributed by atoms with Gasteiger partial charge in [-0.1, -0.05) is 0 Å². The Balaban J connectivity index is 2.40. The van der Waals surface area contributed by atoms with Crippen LogP contribution in [0, 0.1) is 0 Å². The molecule has 0 bridgehead atoms. The highest BCUT2D eigenvalue weighted by atomic mass is 32.2. The van der Waals surface area contributed by atoms with Crippen molar-refractivity contribution in [1.29, 1.82) is 0 Å². The number of nitrogens with zero attached hydrogens (tertiary/aromatic N) is 1. The van der Waals surface area contributed by atoms with E-state index in [9.17, 15) is 26.4 Å². The summed E-state index contributed by atoms with van der Waals surface area (Å²) in [4.78, 5) is 12.3. The maximum Gasteiger partial charge on any atom is 0.417 e. The van der Waals surface area contributed by atoms with Gasteiger partial charge in [-0.2, -0.15) is 13.2 Å². The molecule has 116 valence electrons. The molecular weight excluding hydrogens is 307 g/mol. The van der Waals surface area contributed by atoms with Gasteiger partial charge in [0, 0.05) is 23.8 Å². The van der Waals surface area contributed by atoms with E-state index in [1.807, 2.05) is 0 Å². The van der Waals surface area contributed by atoms with E-state index < -0.39 is 33.2 Å². The van der Waals surface area contributed by atoms with E-state index in [4.69, 9.17) is 0 Å². The van der Waals surface area contributed by atoms with Crippen molar-refractivity contribution in [3.63, 3.8) is 0 Å². The van der Waals surface area contributed by atoms with Gasteiger partial charge in [-0.25, -0.2) is 8.42 Å². The van der Waals surface area contributed by atoms with E-state index in [0.29, 0.717) is 0 Å². The van der Waals surface area contributed by atoms with Crippen molar-refractivity contribution in [1.82, 2.24) is 0 Å². The average molecular weight is 321 g/mol. The highest BCUT2D eigenvalue weighted by Gasteiger charge is 2.35. The number of hydrogen-bond acceptors (Lipinski definition) is 4. The summed E-state index contributed by atoms with van der Waals surface area (Å²) in [7, 11) is -3.14. The number of aldehydes is 1. The van der Waals surface area contributed by atoms with Crippen LogP contribution in [0.4, 0.5) is 18.9 Å². The number of benzene rings is 1. The molecular formula is C13H14F3NO3S. The van der Waals surface area contributed by atoms with Gasteiger partial charge in [0.15, 0.2) is 16.1 Å². The van der Waals surface area contributed by atoms with Crippen LogP contribution in [0.25, 0.3) is 0 Å². The minimum absolute atomic E-state index is 0.0892. The van der Waals surface area contributed by atoms with Gasteiger partial charge in [-0.15, -0.1) is 0 Å². The highest BCUT2D eigenvalue weighted by Crippen LogP contribution is 2.35. The van der Waals surface area contributed by atoms with E-state index >= 15 is 0 Å². The average Bonchev–Trinajstić information content (AvgIpc) is 2.36. The van der Waals surface area contributed by atoms with Crippen LogP contribution in [-0.4, -0.2) is 38.8 Å². The Labute approximate surface area is 120 Å². The molecule has 1 fully saturated rings. The molecule has 2 rings (SSSR count). The molecule has 1 heterocycles. The molecule has 0 N–H and O–H groups in total. The van der Waals surface area contributed by atoms with Crippen LogP contribution >= 0.6 is 0 Å². The number of alkyl halides is 3. The van der Waals surface area contributed by atoms with Crippen LogP contribution in [-0.2, 0) is 16.0 Å². The monoisotopic (exact) mass is 321 g/mol. The van der Waals surface area contributed by atoms with Crippen molar-refractivity contribution < 1.29 is 26.4 Å². The van der Waals surface area contributed by atoms with Gasteiger partial charge in [-0.05, 0) is 25.1 Å². The third-order valence-electron chi connectivity index (χ3n) is 3.47. The number of sulfone groups is 1. The van der Waals surface area contributed by atoms with Crippen LogP contribution < -0.4 is 4.90 Å². The zero-order valence-electron chi connectivity index (χ0n) is 11.2. The first-order chi connectivity index (χ1) is 9.64. The lowest BCUT2D eigenvalue weighted by molar-refractivity contribution is -0.137. The summed E-state index contributed by atoms with van der Waals surface area (Å²) in [6.45, 7) is 1.79. The lowest BCUT2D eigenvalue weighted by Crippen LogP contribution is -2.47. The molecule has 1 aromatic carbocycles. The molecule has 1 aromatic rings. The SMILES string of the molecule is CC1CS(=O)(=O)CCN1c1ccc(C=O)c(C(F)(F)F)c1. The van der Waals surface area contributed by atoms with Crippen molar-refractivity contribution in [3.8, 4) is 0 Å². The zero-order chi connectivity index (χ0) is 15.8. The minimum Gasteiger partial charge on any atom is -0.367 e. The van der Waals surface area contributed by atoms with E-state index in [2.05, 4.69) is 0 Å². The Hall–Kier alpha value is -1.57. The fourth-order valence-electron chi connectivity index (χ4n) is 2.45. The minimum atomic E-state index is -4.63. The third kappa shape index (κ3) is 3.37. The molecule has 1 unspecified atom stereocenters. The Morgan fingerprint density at radius 2 is 2.00 bits per heavy atom. The number of rotatable bonds is 2. The molecule has 0 saturated carbocycles. The number of carbonyl (C=O) groups excluding carboxylic acids is 1. The number of hydrogen-bond donors (Lipinski definition) is 0. The fourth-order valence-corrected chi connectivity index (χ4v) is 4.01.